The highest BCUT2D eigenvalue weighted by molar-refractivity contribution is 6.69. The third-order valence-corrected chi connectivity index (χ3v) is 2.19. The molecule has 1 aromatic heterocycles. The van der Waals surface area contributed by atoms with Crippen LogP contribution in [0, 0.1) is 6.92 Å². The van der Waals surface area contributed by atoms with Gasteiger partial charge in [-0.15, -0.1) is 0 Å². The molecule has 0 atom stereocenters. The van der Waals surface area contributed by atoms with Crippen molar-refractivity contribution in [2.75, 3.05) is 0 Å². The molecule has 76 valence electrons. The fourth-order valence-corrected chi connectivity index (χ4v) is 1.62. The van der Waals surface area contributed by atoms with Gasteiger partial charge in [0.15, 0.2) is 0 Å². The molecule has 0 saturated heterocycles. The Kier molecular flexibility index (Phi) is 3.39. The Labute approximate surface area is 88.8 Å². The van der Waals surface area contributed by atoms with E-state index in [1.807, 2.05) is 0 Å². The maximum absolute atomic E-state index is 12.3. The lowest BCUT2D eigenvalue weighted by Crippen LogP contribution is -2.03. The molecule has 0 aliphatic heterocycles. The van der Waals surface area contributed by atoms with Gasteiger partial charge >= 0.3 is 0 Å². The Hall–Kier alpha value is -0.740. The summed E-state index contributed by atoms with van der Waals surface area (Å²) in [5, 5.41) is -0.885. The van der Waals surface area contributed by atoms with E-state index in [9.17, 15) is 13.6 Å². The molecule has 6 heteroatoms. The topological polar surface area (TPSA) is 30.0 Å². The number of hydrogen-bond donors (Lipinski definition) is 0. The SMILES string of the molecule is Cc1c(C(F)F)ncc(Cl)c1C(=O)Cl. The van der Waals surface area contributed by atoms with Crippen molar-refractivity contribution >= 4 is 28.4 Å². The Morgan fingerprint density at radius 3 is 2.57 bits per heavy atom. The molecular formula is C8H5Cl2F2NO. The number of halogens is 4. The smallest absolute Gasteiger partial charge is 0.276 e. The number of carbonyl (C=O) groups excluding carboxylic acids is 1. The molecule has 0 fully saturated rings. The Morgan fingerprint density at radius 2 is 2.14 bits per heavy atom. The second-order valence-corrected chi connectivity index (χ2v) is 3.32. The molecule has 0 aliphatic carbocycles. The predicted octanol–water partition coefficient (Wildman–Crippen LogP) is 3.36. The molecule has 0 saturated carbocycles. The van der Waals surface area contributed by atoms with E-state index in [-0.39, 0.29) is 16.1 Å². The summed E-state index contributed by atoms with van der Waals surface area (Å²) in [7, 11) is 0. The minimum atomic E-state index is -2.75. The molecule has 0 amide bonds. The molecule has 1 heterocycles. The maximum Gasteiger partial charge on any atom is 0.280 e. The van der Waals surface area contributed by atoms with Crippen molar-refractivity contribution in [2.45, 2.75) is 13.3 Å². The highest BCUT2D eigenvalue weighted by Crippen LogP contribution is 2.28. The lowest BCUT2D eigenvalue weighted by Gasteiger charge is -2.07. The molecule has 0 bridgehead atoms. The van der Waals surface area contributed by atoms with Gasteiger partial charge in [0.05, 0.1) is 10.6 Å². The summed E-state index contributed by atoms with van der Waals surface area (Å²) >= 11 is 10.8. The van der Waals surface area contributed by atoms with Crippen LogP contribution in [-0.2, 0) is 0 Å². The first-order valence-corrected chi connectivity index (χ1v) is 4.33. The van der Waals surface area contributed by atoms with E-state index >= 15 is 0 Å². The minimum absolute atomic E-state index is 0.0208. The van der Waals surface area contributed by atoms with Crippen molar-refractivity contribution in [1.82, 2.24) is 4.98 Å². The summed E-state index contributed by atoms with van der Waals surface area (Å²) in [6.07, 6.45) is -1.76. The Balaban J connectivity index is 3.41. The Morgan fingerprint density at radius 1 is 1.57 bits per heavy atom. The standard InChI is InChI=1S/C8H5Cl2F2NO/c1-3-5(7(10)14)4(9)2-13-6(3)8(11)12/h2,8H,1H3. The lowest BCUT2D eigenvalue weighted by molar-refractivity contribution is 0.108. The van der Waals surface area contributed by atoms with Gasteiger partial charge in [-0.3, -0.25) is 9.78 Å². The van der Waals surface area contributed by atoms with Crippen molar-refractivity contribution in [3.8, 4) is 0 Å². The molecule has 0 aliphatic rings. The Bertz CT molecular complexity index is 382. The first-order valence-electron chi connectivity index (χ1n) is 3.58. The number of nitrogens with zero attached hydrogens (tertiary/aromatic N) is 1. The first kappa shape index (κ1) is 11.3. The van der Waals surface area contributed by atoms with Crippen LogP contribution < -0.4 is 0 Å². The average Bonchev–Trinajstić information content (AvgIpc) is 2.02. The molecule has 1 aromatic rings. The second kappa shape index (κ2) is 4.19. The van der Waals surface area contributed by atoms with E-state index in [2.05, 4.69) is 4.98 Å². The predicted molar refractivity (Wildman–Crippen MR) is 49.1 cm³/mol. The quantitative estimate of drug-likeness (QED) is 0.742. The summed E-state index contributed by atoms with van der Waals surface area (Å²) in [4.78, 5) is 14.3. The minimum Gasteiger partial charge on any atom is -0.276 e. The first-order chi connectivity index (χ1) is 6.45. The molecule has 0 aromatic carbocycles. The van der Waals surface area contributed by atoms with Crippen molar-refractivity contribution in [3.63, 3.8) is 0 Å². The van der Waals surface area contributed by atoms with Gasteiger partial charge in [-0.05, 0) is 24.1 Å². The maximum atomic E-state index is 12.3. The van der Waals surface area contributed by atoms with E-state index in [0.29, 0.717) is 0 Å². The average molecular weight is 240 g/mol. The summed E-state index contributed by atoms with van der Waals surface area (Å²) in [6, 6.07) is 0. The number of carbonyl (C=O) groups is 1. The largest absolute Gasteiger partial charge is 0.280 e. The van der Waals surface area contributed by atoms with Gasteiger partial charge in [0.25, 0.3) is 11.7 Å². The van der Waals surface area contributed by atoms with Gasteiger partial charge in [-0.1, -0.05) is 11.6 Å². The van der Waals surface area contributed by atoms with Crippen LogP contribution in [0.5, 0.6) is 0 Å². The van der Waals surface area contributed by atoms with Crippen LogP contribution in [0.1, 0.15) is 28.0 Å². The zero-order valence-corrected chi connectivity index (χ0v) is 8.53. The summed E-state index contributed by atoms with van der Waals surface area (Å²) < 4.78 is 24.7. The third-order valence-electron chi connectivity index (χ3n) is 1.72. The fourth-order valence-electron chi connectivity index (χ4n) is 1.06. The molecule has 2 nitrogen and oxygen atoms in total. The van der Waals surface area contributed by atoms with Crippen LogP contribution in [0.25, 0.3) is 0 Å². The zero-order valence-electron chi connectivity index (χ0n) is 7.02. The van der Waals surface area contributed by atoms with Crippen LogP contribution in [0.2, 0.25) is 5.02 Å². The van der Waals surface area contributed by atoms with Crippen molar-refractivity contribution in [2.24, 2.45) is 0 Å². The van der Waals surface area contributed by atoms with Crippen molar-refractivity contribution < 1.29 is 13.6 Å². The van der Waals surface area contributed by atoms with Crippen LogP contribution in [0.4, 0.5) is 8.78 Å². The number of rotatable bonds is 2. The molecule has 0 radical (unpaired) electrons. The molecule has 0 unspecified atom stereocenters. The highest BCUT2D eigenvalue weighted by atomic mass is 35.5. The second-order valence-electron chi connectivity index (χ2n) is 2.57. The highest BCUT2D eigenvalue weighted by Gasteiger charge is 2.20. The molecule has 0 spiro atoms. The lowest BCUT2D eigenvalue weighted by atomic mass is 10.1. The van der Waals surface area contributed by atoms with Crippen molar-refractivity contribution in [3.05, 3.63) is 28.0 Å². The monoisotopic (exact) mass is 239 g/mol. The van der Waals surface area contributed by atoms with Gasteiger partial charge < -0.3 is 0 Å². The fraction of sp³-hybridized carbons (Fsp3) is 0.250. The molecule has 14 heavy (non-hydrogen) atoms. The van der Waals surface area contributed by atoms with E-state index in [0.717, 1.165) is 6.20 Å². The molecule has 0 N–H and O–H groups in total. The third kappa shape index (κ3) is 2.01. The van der Waals surface area contributed by atoms with E-state index in [1.54, 1.807) is 0 Å². The zero-order chi connectivity index (χ0) is 10.9. The van der Waals surface area contributed by atoms with Crippen LogP contribution in [0.15, 0.2) is 6.20 Å². The van der Waals surface area contributed by atoms with Gasteiger partial charge in [0, 0.05) is 6.20 Å². The number of hydrogen-bond acceptors (Lipinski definition) is 2. The van der Waals surface area contributed by atoms with E-state index in [4.69, 9.17) is 23.2 Å². The number of aromatic nitrogens is 1. The van der Waals surface area contributed by atoms with Gasteiger partial charge in [-0.25, -0.2) is 8.78 Å². The van der Waals surface area contributed by atoms with Crippen molar-refractivity contribution in [1.29, 1.82) is 0 Å². The summed E-state index contributed by atoms with van der Waals surface area (Å²) in [5.41, 5.74) is -0.565. The van der Waals surface area contributed by atoms with Gasteiger partial charge in [0.2, 0.25) is 0 Å². The van der Waals surface area contributed by atoms with Crippen LogP contribution in [-0.4, -0.2) is 10.2 Å². The van der Waals surface area contributed by atoms with E-state index in [1.165, 1.54) is 6.92 Å². The molecular weight excluding hydrogens is 235 g/mol. The van der Waals surface area contributed by atoms with Crippen LogP contribution >= 0.6 is 23.2 Å². The summed E-state index contributed by atoms with van der Waals surface area (Å²) in [6.45, 7) is 1.33. The van der Waals surface area contributed by atoms with E-state index < -0.39 is 17.4 Å². The molecule has 1 rings (SSSR count). The number of pyridine rings is 1. The van der Waals surface area contributed by atoms with Gasteiger partial charge in [0.1, 0.15) is 5.69 Å². The summed E-state index contributed by atoms with van der Waals surface area (Å²) in [5.74, 6) is 0. The van der Waals surface area contributed by atoms with Gasteiger partial charge in [-0.2, -0.15) is 0 Å². The number of alkyl halides is 2. The normalized spacial score (nSPS) is 10.7. The van der Waals surface area contributed by atoms with Crippen LogP contribution in [0.3, 0.4) is 0 Å².